The van der Waals surface area contributed by atoms with E-state index in [-0.39, 0.29) is 6.04 Å². The third-order valence-corrected chi connectivity index (χ3v) is 6.30. The van der Waals surface area contributed by atoms with Crippen LogP contribution in [0.3, 0.4) is 0 Å². The summed E-state index contributed by atoms with van der Waals surface area (Å²) >= 11 is 0. The van der Waals surface area contributed by atoms with Crippen molar-refractivity contribution in [1.82, 2.24) is 24.6 Å². The molecule has 5 rings (SSSR count). The van der Waals surface area contributed by atoms with Gasteiger partial charge in [0.15, 0.2) is 0 Å². The maximum atomic E-state index is 14.9. The molecule has 2 aliphatic heterocycles. The molecule has 1 aliphatic carbocycles. The van der Waals surface area contributed by atoms with Gasteiger partial charge in [-0.3, -0.25) is 9.58 Å². The fourth-order valence-corrected chi connectivity index (χ4v) is 4.58. The van der Waals surface area contributed by atoms with Crippen LogP contribution in [0.5, 0.6) is 0 Å². The molecule has 0 saturated carbocycles. The average molecular weight is 423 g/mol. The van der Waals surface area contributed by atoms with Crippen molar-refractivity contribution in [2.75, 3.05) is 38.2 Å². The second-order valence-electron chi connectivity index (χ2n) is 8.34. The molecule has 0 aromatic carbocycles. The Morgan fingerprint density at radius 2 is 2.23 bits per heavy atom. The molecule has 2 atom stereocenters. The molecule has 4 heterocycles. The topological polar surface area (TPSA) is 91.9 Å². The zero-order valence-electron chi connectivity index (χ0n) is 17.6. The van der Waals surface area contributed by atoms with Crippen molar-refractivity contribution in [3.63, 3.8) is 0 Å². The number of halogens is 1. The van der Waals surface area contributed by atoms with Crippen LogP contribution >= 0.6 is 0 Å². The van der Waals surface area contributed by atoms with Crippen LogP contribution in [0.25, 0.3) is 5.57 Å². The van der Waals surface area contributed by atoms with Gasteiger partial charge < -0.3 is 10.1 Å². The number of hydrogen-bond acceptors (Lipinski definition) is 7. The first-order valence-electron chi connectivity index (χ1n) is 10.9. The van der Waals surface area contributed by atoms with Crippen LogP contribution in [0.2, 0.25) is 0 Å². The zero-order valence-corrected chi connectivity index (χ0v) is 17.6. The van der Waals surface area contributed by atoms with E-state index in [1.54, 1.807) is 10.9 Å². The van der Waals surface area contributed by atoms with Gasteiger partial charge in [-0.25, -0.2) is 14.4 Å². The van der Waals surface area contributed by atoms with E-state index < -0.39 is 6.17 Å². The van der Waals surface area contributed by atoms with Crippen molar-refractivity contribution in [1.29, 1.82) is 5.26 Å². The lowest BCUT2D eigenvalue weighted by atomic mass is 10.0. The number of likely N-dealkylation sites (tertiary alicyclic amines) is 1. The predicted molar refractivity (Wildman–Crippen MR) is 113 cm³/mol. The first-order chi connectivity index (χ1) is 15.2. The summed E-state index contributed by atoms with van der Waals surface area (Å²) in [6.07, 6.45) is 6.53. The number of hydrogen-bond donors (Lipinski definition) is 1. The summed E-state index contributed by atoms with van der Waals surface area (Å²) in [6, 6.07) is 2.35. The van der Waals surface area contributed by atoms with Gasteiger partial charge in [-0.2, -0.15) is 10.4 Å². The molecule has 0 unspecified atom stereocenters. The van der Waals surface area contributed by atoms with Gasteiger partial charge in [-0.1, -0.05) is 6.08 Å². The summed E-state index contributed by atoms with van der Waals surface area (Å²) in [7, 11) is 0. The minimum Gasteiger partial charge on any atom is -0.378 e. The number of piperidine rings is 1. The van der Waals surface area contributed by atoms with Gasteiger partial charge in [0.2, 0.25) is 0 Å². The molecule has 0 bridgehead atoms. The Labute approximate surface area is 180 Å². The fourth-order valence-electron chi connectivity index (χ4n) is 4.58. The Morgan fingerprint density at radius 3 is 2.94 bits per heavy atom. The molecule has 3 aliphatic rings. The van der Waals surface area contributed by atoms with Crippen molar-refractivity contribution >= 4 is 11.4 Å². The van der Waals surface area contributed by atoms with Crippen LogP contribution < -0.4 is 5.32 Å². The van der Waals surface area contributed by atoms with Crippen LogP contribution in [-0.2, 0) is 17.6 Å². The molecule has 1 N–H and O–H groups in total. The van der Waals surface area contributed by atoms with E-state index in [0.29, 0.717) is 62.4 Å². The highest BCUT2D eigenvalue weighted by Crippen LogP contribution is 2.32. The standard InChI is InChI=1S/C22H26FN7O/c1-2-25-22-21-15(8-24)3-4-18(21)27-20(28-22)7-14-9-26-30(10-14)19-5-6-29(11-17(19)23)16-12-31-13-16/h3,9-10,16-17,19H,2,4-7,11-13H2,1H3,(H,25,27,28)/t17-,19-/m0/s1. The van der Waals surface area contributed by atoms with E-state index in [4.69, 9.17) is 4.74 Å². The molecule has 31 heavy (non-hydrogen) atoms. The van der Waals surface area contributed by atoms with Crippen molar-refractivity contribution in [3.05, 3.63) is 41.1 Å². The van der Waals surface area contributed by atoms with Crippen LogP contribution in [0.4, 0.5) is 10.2 Å². The summed E-state index contributed by atoms with van der Waals surface area (Å²) in [5, 5.41) is 17.1. The lowest BCUT2D eigenvalue weighted by molar-refractivity contribution is -0.0847. The minimum atomic E-state index is -0.950. The fraction of sp³-hybridized carbons (Fsp3) is 0.545. The van der Waals surface area contributed by atoms with Crippen molar-refractivity contribution in [2.24, 2.45) is 0 Å². The van der Waals surface area contributed by atoms with Crippen LogP contribution in [0.15, 0.2) is 18.5 Å². The van der Waals surface area contributed by atoms with Gasteiger partial charge in [0.1, 0.15) is 17.8 Å². The summed E-state index contributed by atoms with van der Waals surface area (Å²) in [5.74, 6) is 1.38. The molecule has 2 saturated heterocycles. The number of allylic oxidation sites excluding steroid dienone is 2. The molecule has 0 amide bonds. The van der Waals surface area contributed by atoms with Crippen molar-refractivity contribution < 1.29 is 9.13 Å². The van der Waals surface area contributed by atoms with Gasteiger partial charge in [0.05, 0.1) is 54.4 Å². The number of fused-ring (bicyclic) bond motifs is 1. The SMILES string of the molecule is CCNc1nc(Cc2cnn([C@H]3CCN(C4COC4)C[C@@H]3F)c2)nc2c1C(C#N)=CC2. The number of anilines is 1. The third-order valence-electron chi connectivity index (χ3n) is 6.30. The Kier molecular flexibility index (Phi) is 5.42. The van der Waals surface area contributed by atoms with E-state index in [2.05, 4.69) is 31.4 Å². The molecular weight excluding hydrogens is 397 g/mol. The van der Waals surface area contributed by atoms with Gasteiger partial charge in [-0.15, -0.1) is 0 Å². The first-order valence-corrected chi connectivity index (χ1v) is 10.9. The lowest BCUT2D eigenvalue weighted by Crippen LogP contribution is -2.55. The Balaban J connectivity index is 1.30. The highest BCUT2D eigenvalue weighted by molar-refractivity contribution is 5.87. The number of nitrogens with zero attached hydrogens (tertiary/aromatic N) is 6. The Bertz CT molecular complexity index is 1040. The summed E-state index contributed by atoms with van der Waals surface area (Å²) in [4.78, 5) is 11.5. The second kappa shape index (κ2) is 8.36. The highest BCUT2D eigenvalue weighted by atomic mass is 19.1. The van der Waals surface area contributed by atoms with E-state index >= 15 is 0 Å². The van der Waals surface area contributed by atoms with Gasteiger partial charge >= 0.3 is 0 Å². The van der Waals surface area contributed by atoms with Crippen LogP contribution in [0.1, 0.15) is 42.0 Å². The normalized spacial score (nSPS) is 23.7. The summed E-state index contributed by atoms with van der Waals surface area (Å²) < 4.78 is 21.9. The molecule has 2 fully saturated rings. The minimum absolute atomic E-state index is 0.244. The Morgan fingerprint density at radius 1 is 1.35 bits per heavy atom. The maximum absolute atomic E-state index is 14.9. The Hall–Kier alpha value is -2.83. The van der Waals surface area contributed by atoms with Gasteiger partial charge in [0, 0.05) is 38.7 Å². The summed E-state index contributed by atoms with van der Waals surface area (Å²) in [6.45, 7) is 5.43. The van der Waals surface area contributed by atoms with E-state index in [0.717, 1.165) is 29.8 Å². The van der Waals surface area contributed by atoms with E-state index in [1.807, 2.05) is 19.2 Å². The predicted octanol–water partition coefficient (Wildman–Crippen LogP) is 2.14. The smallest absolute Gasteiger partial charge is 0.138 e. The highest BCUT2D eigenvalue weighted by Gasteiger charge is 2.36. The van der Waals surface area contributed by atoms with Crippen LogP contribution in [0, 0.1) is 11.3 Å². The van der Waals surface area contributed by atoms with Crippen molar-refractivity contribution in [3.8, 4) is 6.07 Å². The lowest BCUT2D eigenvalue weighted by Gasteiger charge is -2.42. The number of nitriles is 1. The second-order valence-corrected chi connectivity index (χ2v) is 8.34. The van der Waals surface area contributed by atoms with Gasteiger partial charge in [-0.05, 0) is 18.9 Å². The maximum Gasteiger partial charge on any atom is 0.138 e. The van der Waals surface area contributed by atoms with Crippen molar-refractivity contribution in [2.45, 2.75) is 44.4 Å². The van der Waals surface area contributed by atoms with E-state index in [9.17, 15) is 9.65 Å². The molecule has 162 valence electrons. The first kappa shape index (κ1) is 20.1. The molecule has 0 spiro atoms. The average Bonchev–Trinajstić information content (AvgIpc) is 3.34. The number of nitrogens with one attached hydrogen (secondary N) is 1. The van der Waals surface area contributed by atoms with Gasteiger partial charge in [0.25, 0.3) is 0 Å². The molecule has 8 nitrogen and oxygen atoms in total. The molecular formula is C22H26FN7O. The molecule has 2 aromatic rings. The zero-order chi connectivity index (χ0) is 21.4. The number of ether oxygens (including phenoxy) is 1. The number of alkyl halides is 1. The number of rotatable bonds is 6. The van der Waals surface area contributed by atoms with E-state index in [1.165, 1.54) is 0 Å². The monoisotopic (exact) mass is 423 g/mol. The number of aromatic nitrogens is 4. The molecule has 2 aromatic heterocycles. The largest absolute Gasteiger partial charge is 0.378 e. The third kappa shape index (κ3) is 3.82. The summed E-state index contributed by atoms with van der Waals surface area (Å²) in [5.41, 5.74) is 3.27. The van der Waals surface area contributed by atoms with Crippen LogP contribution in [-0.4, -0.2) is 69.7 Å². The molecule has 9 heteroatoms. The quantitative estimate of drug-likeness (QED) is 0.761. The molecule has 0 radical (unpaired) electrons.